The molecule has 0 radical (unpaired) electrons. The van der Waals surface area contributed by atoms with Crippen LogP contribution < -0.4 is 0 Å². The van der Waals surface area contributed by atoms with Gasteiger partial charge in [0, 0.05) is 10.5 Å². The van der Waals surface area contributed by atoms with Crippen molar-refractivity contribution in [2.75, 3.05) is 0 Å². The van der Waals surface area contributed by atoms with E-state index in [0.717, 1.165) is 0 Å². The standard InChI is InChI=1S/C11H8F2N2O2S/c12-11(13)18-7-3-1-6(2-4-7)8-5-9(10(16)17)15-14-8/h1-5,11H,(H,14,15)(H,16,17). The Morgan fingerprint density at radius 2 is 2.00 bits per heavy atom. The van der Waals surface area contributed by atoms with Crippen LogP contribution in [0.5, 0.6) is 0 Å². The van der Waals surface area contributed by atoms with Gasteiger partial charge in [-0.25, -0.2) is 4.79 Å². The second-order valence-corrected chi connectivity index (χ2v) is 4.44. The first-order chi connectivity index (χ1) is 8.56. The van der Waals surface area contributed by atoms with Gasteiger partial charge in [0.05, 0.1) is 5.69 Å². The lowest BCUT2D eigenvalue weighted by Gasteiger charge is -2.00. The van der Waals surface area contributed by atoms with E-state index in [1.807, 2.05) is 0 Å². The number of nitrogens with zero attached hydrogens (tertiary/aromatic N) is 1. The van der Waals surface area contributed by atoms with Crippen LogP contribution in [0.25, 0.3) is 11.3 Å². The maximum atomic E-state index is 12.1. The molecule has 2 aromatic rings. The first-order valence-corrected chi connectivity index (χ1v) is 5.78. The summed E-state index contributed by atoms with van der Waals surface area (Å²) in [5, 5.41) is 14.9. The van der Waals surface area contributed by atoms with Gasteiger partial charge in [0.1, 0.15) is 5.69 Å². The summed E-state index contributed by atoms with van der Waals surface area (Å²) in [6.45, 7) is 0. The van der Waals surface area contributed by atoms with Crippen molar-refractivity contribution in [2.45, 2.75) is 10.7 Å². The van der Waals surface area contributed by atoms with E-state index in [-0.39, 0.29) is 5.69 Å². The molecule has 0 unspecified atom stereocenters. The van der Waals surface area contributed by atoms with E-state index in [4.69, 9.17) is 5.11 Å². The quantitative estimate of drug-likeness (QED) is 0.838. The molecule has 2 N–H and O–H groups in total. The number of hydrogen-bond donors (Lipinski definition) is 2. The van der Waals surface area contributed by atoms with Gasteiger partial charge in [0.15, 0.2) is 0 Å². The summed E-state index contributed by atoms with van der Waals surface area (Å²) in [6, 6.07) is 7.71. The summed E-state index contributed by atoms with van der Waals surface area (Å²) in [5.41, 5.74) is 1.11. The Morgan fingerprint density at radius 3 is 2.50 bits per heavy atom. The smallest absolute Gasteiger partial charge is 0.353 e. The van der Waals surface area contributed by atoms with E-state index in [0.29, 0.717) is 27.9 Å². The van der Waals surface area contributed by atoms with Crippen LogP contribution in [0.4, 0.5) is 8.78 Å². The van der Waals surface area contributed by atoms with Gasteiger partial charge >= 0.3 is 5.97 Å². The fourth-order valence-corrected chi connectivity index (χ4v) is 1.89. The summed E-state index contributed by atoms with van der Waals surface area (Å²) in [5.74, 6) is -3.56. The predicted octanol–water partition coefficient (Wildman–Crippen LogP) is 3.09. The van der Waals surface area contributed by atoms with Crippen LogP contribution in [0.3, 0.4) is 0 Å². The fourth-order valence-electron chi connectivity index (χ4n) is 1.39. The molecule has 4 nitrogen and oxygen atoms in total. The SMILES string of the molecule is O=C(O)c1cc(-c2ccc(SC(F)F)cc2)n[nH]1. The molecule has 18 heavy (non-hydrogen) atoms. The van der Waals surface area contributed by atoms with Gasteiger partial charge in [-0.2, -0.15) is 13.9 Å². The van der Waals surface area contributed by atoms with Crippen molar-refractivity contribution < 1.29 is 18.7 Å². The Labute approximate surface area is 105 Å². The molecule has 0 saturated heterocycles. The largest absolute Gasteiger partial charge is 0.477 e. The molecular weight excluding hydrogens is 262 g/mol. The third-order valence-electron chi connectivity index (χ3n) is 2.18. The average Bonchev–Trinajstić information content (AvgIpc) is 2.78. The van der Waals surface area contributed by atoms with Gasteiger partial charge < -0.3 is 5.11 Å². The molecule has 0 spiro atoms. The molecular formula is C11H8F2N2O2S. The third kappa shape index (κ3) is 2.86. The summed E-state index contributed by atoms with van der Waals surface area (Å²) in [4.78, 5) is 11.1. The number of rotatable bonds is 4. The van der Waals surface area contributed by atoms with Crippen LogP contribution in [0.1, 0.15) is 10.5 Å². The van der Waals surface area contributed by atoms with Crippen molar-refractivity contribution in [1.29, 1.82) is 0 Å². The Morgan fingerprint density at radius 1 is 1.33 bits per heavy atom. The lowest BCUT2D eigenvalue weighted by molar-refractivity contribution is 0.0690. The Bertz CT molecular complexity index is 554. The van der Waals surface area contributed by atoms with Crippen LogP contribution >= 0.6 is 11.8 Å². The van der Waals surface area contributed by atoms with Crippen molar-refractivity contribution in [3.05, 3.63) is 36.0 Å². The zero-order valence-electron chi connectivity index (χ0n) is 8.93. The predicted molar refractivity (Wildman–Crippen MR) is 62.8 cm³/mol. The van der Waals surface area contributed by atoms with Crippen LogP contribution in [0, 0.1) is 0 Å². The van der Waals surface area contributed by atoms with E-state index >= 15 is 0 Å². The molecule has 1 aromatic heterocycles. The monoisotopic (exact) mass is 270 g/mol. The highest BCUT2D eigenvalue weighted by Gasteiger charge is 2.10. The zero-order chi connectivity index (χ0) is 13.1. The second kappa shape index (κ2) is 5.18. The van der Waals surface area contributed by atoms with Gasteiger partial charge in [0.25, 0.3) is 5.76 Å². The van der Waals surface area contributed by atoms with Crippen molar-refractivity contribution in [3.63, 3.8) is 0 Å². The molecule has 1 heterocycles. The number of H-pyrrole nitrogens is 1. The first kappa shape index (κ1) is 12.6. The van der Waals surface area contributed by atoms with Crippen molar-refractivity contribution in [2.24, 2.45) is 0 Å². The molecule has 1 aromatic carbocycles. The maximum Gasteiger partial charge on any atom is 0.353 e. The van der Waals surface area contributed by atoms with Crippen LogP contribution in [0.2, 0.25) is 0 Å². The highest BCUT2D eigenvalue weighted by molar-refractivity contribution is 7.99. The minimum atomic E-state index is -2.46. The Kier molecular flexibility index (Phi) is 3.61. The normalized spacial score (nSPS) is 10.8. The molecule has 0 atom stereocenters. The van der Waals surface area contributed by atoms with E-state index in [9.17, 15) is 13.6 Å². The molecule has 2 rings (SSSR count). The average molecular weight is 270 g/mol. The third-order valence-corrected chi connectivity index (χ3v) is 2.91. The lowest BCUT2D eigenvalue weighted by atomic mass is 10.1. The van der Waals surface area contributed by atoms with E-state index in [1.54, 1.807) is 24.3 Å². The number of carboxylic acid groups (broad SMARTS) is 1. The van der Waals surface area contributed by atoms with E-state index in [1.165, 1.54) is 6.07 Å². The Balaban J connectivity index is 2.20. The summed E-state index contributed by atoms with van der Waals surface area (Å²) in [7, 11) is 0. The molecule has 0 amide bonds. The highest BCUT2D eigenvalue weighted by atomic mass is 32.2. The number of nitrogens with one attached hydrogen (secondary N) is 1. The van der Waals surface area contributed by atoms with E-state index in [2.05, 4.69) is 10.2 Å². The summed E-state index contributed by atoms with van der Waals surface area (Å²) >= 11 is 0.457. The molecule has 0 bridgehead atoms. The van der Waals surface area contributed by atoms with Gasteiger partial charge in [-0.05, 0) is 18.2 Å². The molecule has 0 aliphatic carbocycles. The Hall–Kier alpha value is -1.89. The number of aromatic carboxylic acids is 1. The van der Waals surface area contributed by atoms with Crippen molar-refractivity contribution >= 4 is 17.7 Å². The van der Waals surface area contributed by atoms with Gasteiger partial charge in [0.2, 0.25) is 0 Å². The first-order valence-electron chi connectivity index (χ1n) is 4.90. The number of hydrogen-bond acceptors (Lipinski definition) is 3. The number of benzene rings is 1. The number of carbonyl (C=O) groups is 1. The minimum absolute atomic E-state index is 0.0176. The van der Waals surface area contributed by atoms with Crippen LogP contribution in [-0.2, 0) is 0 Å². The summed E-state index contributed by atoms with van der Waals surface area (Å²) in [6.07, 6.45) is 0. The van der Waals surface area contributed by atoms with Gasteiger partial charge in [-0.3, -0.25) is 5.10 Å². The number of thioether (sulfide) groups is 1. The number of halogens is 2. The molecule has 0 fully saturated rings. The number of aromatic nitrogens is 2. The maximum absolute atomic E-state index is 12.1. The topological polar surface area (TPSA) is 66.0 Å². The van der Waals surface area contributed by atoms with Crippen LogP contribution in [0.15, 0.2) is 35.2 Å². The lowest BCUT2D eigenvalue weighted by Crippen LogP contribution is -1.95. The molecule has 0 saturated carbocycles. The number of carboxylic acids is 1. The second-order valence-electron chi connectivity index (χ2n) is 3.37. The zero-order valence-corrected chi connectivity index (χ0v) is 9.75. The highest BCUT2D eigenvalue weighted by Crippen LogP contribution is 2.27. The number of alkyl halides is 2. The molecule has 0 aliphatic rings. The minimum Gasteiger partial charge on any atom is -0.477 e. The van der Waals surface area contributed by atoms with Crippen molar-refractivity contribution in [1.82, 2.24) is 10.2 Å². The van der Waals surface area contributed by atoms with Gasteiger partial charge in [-0.1, -0.05) is 23.9 Å². The molecule has 7 heteroatoms. The molecule has 0 aliphatic heterocycles. The van der Waals surface area contributed by atoms with Crippen molar-refractivity contribution in [3.8, 4) is 11.3 Å². The summed E-state index contributed by atoms with van der Waals surface area (Å²) < 4.78 is 24.2. The molecule has 94 valence electrons. The van der Waals surface area contributed by atoms with Crippen LogP contribution in [-0.4, -0.2) is 27.0 Å². The van der Waals surface area contributed by atoms with E-state index < -0.39 is 11.7 Å². The fraction of sp³-hybridized carbons (Fsp3) is 0.0909. The van der Waals surface area contributed by atoms with Gasteiger partial charge in [-0.15, -0.1) is 0 Å². The number of aromatic amines is 1.